The van der Waals surface area contributed by atoms with E-state index in [0.717, 1.165) is 52.1 Å². The highest BCUT2D eigenvalue weighted by Gasteiger charge is 2.44. The lowest BCUT2D eigenvalue weighted by molar-refractivity contribution is -0.139. The minimum atomic E-state index is -0.223. The summed E-state index contributed by atoms with van der Waals surface area (Å²) >= 11 is 0. The van der Waals surface area contributed by atoms with Gasteiger partial charge in [-0.05, 0) is 45.7 Å². The van der Waals surface area contributed by atoms with Gasteiger partial charge in [0.25, 0.3) is 0 Å². The van der Waals surface area contributed by atoms with Gasteiger partial charge in [-0.2, -0.15) is 0 Å². The largest absolute Gasteiger partial charge is 0.379 e. The second-order valence-electron chi connectivity index (χ2n) is 8.07. The van der Waals surface area contributed by atoms with Gasteiger partial charge in [0.2, 0.25) is 5.91 Å². The van der Waals surface area contributed by atoms with E-state index in [0.29, 0.717) is 18.1 Å². The number of piperidine rings is 1. The Morgan fingerprint density at radius 3 is 2.30 bits per heavy atom. The molecule has 0 radical (unpaired) electrons. The first-order chi connectivity index (χ1) is 10.9. The second kappa shape index (κ2) is 7.95. The molecule has 0 aromatic carbocycles. The highest BCUT2D eigenvalue weighted by Crippen LogP contribution is 2.35. The van der Waals surface area contributed by atoms with E-state index in [2.05, 4.69) is 42.8 Å². The van der Waals surface area contributed by atoms with Crippen molar-refractivity contribution in [2.45, 2.75) is 52.7 Å². The highest BCUT2D eigenvalue weighted by atomic mass is 16.5. The third-order valence-corrected chi connectivity index (χ3v) is 5.42. The number of amides is 1. The molecule has 5 heteroatoms. The Morgan fingerprint density at radius 2 is 1.83 bits per heavy atom. The van der Waals surface area contributed by atoms with E-state index in [1.807, 2.05) is 0 Å². The van der Waals surface area contributed by atoms with Crippen LogP contribution in [0.15, 0.2) is 0 Å². The summed E-state index contributed by atoms with van der Waals surface area (Å²) in [6, 6.07) is 0.564. The molecule has 0 aliphatic carbocycles. The van der Waals surface area contributed by atoms with Gasteiger partial charge in [-0.3, -0.25) is 9.69 Å². The van der Waals surface area contributed by atoms with Crippen molar-refractivity contribution in [3.8, 4) is 0 Å². The quantitative estimate of drug-likeness (QED) is 0.772. The molecule has 2 heterocycles. The van der Waals surface area contributed by atoms with Gasteiger partial charge in [-0.1, -0.05) is 13.8 Å². The fraction of sp³-hybridized carbons (Fsp3) is 0.944. The zero-order valence-electron chi connectivity index (χ0n) is 15.6. The number of hydrogen-bond donors (Lipinski definition) is 1. The number of carbonyl (C=O) groups excluding carboxylic acids is 1. The summed E-state index contributed by atoms with van der Waals surface area (Å²) in [5, 5.41) is 3.20. The first-order valence-electron chi connectivity index (χ1n) is 9.14. The number of rotatable bonds is 7. The molecule has 0 saturated carbocycles. The summed E-state index contributed by atoms with van der Waals surface area (Å²) in [6.07, 6.45) is 2.27. The van der Waals surface area contributed by atoms with Crippen molar-refractivity contribution in [3.63, 3.8) is 0 Å². The Bertz CT molecular complexity index is 384. The number of methoxy groups -OCH3 is 1. The Hall–Kier alpha value is -0.650. The van der Waals surface area contributed by atoms with Crippen LogP contribution in [-0.4, -0.2) is 74.2 Å². The van der Waals surface area contributed by atoms with Gasteiger partial charge >= 0.3 is 0 Å². The van der Waals surface area contributed by atoms with E-state index in [9.17, 15) is 4.79 Å². The predicted octanol–water partition coefficient (Wildman–Crippen LogP) is 1.58. The van der Waals surface area contributed by atoms with Crippen molar-refractivity contribution >= 4 is 5.91 Å². The summed E-state index contributed by atoms with van der Waals surface area (Å²) in [4.78, 5) is 17.8. The van der Waals surface area contributed by atoms with E-state index < -0.39 is 0 Å². The predicted molar refractivity (Wildman–Crippen MR) is 93.5 cm³/mol. The average Bonchev–Trinajstić information content (AvgIpc) is 2.48. The molecule has 0 aromatic heterocycles. The molecule has 0 unspecified atom stereocenters. The van der Waals surface area contributed by atoms with Crippen LogP contribution in [0.1, 0.15) is 40.5 Å². The van der Waals surface area contributed by atoms with Crippen molar-refractivity contribution in [3.05, 3.63) is 0 Å². The van der Waals surface area contributed by atoms with Gasteiger partial charge in [-0.15, -0.1) is 0 Å². The molecule has 0 atom stereocenters. The monoisotopic (exact) mass is 325 g/mol. The summed E-state index contributed by atoms with van der Waals surface area (Å²) in [5.41, 5.74) is -0.223. The van der Waals surface area contributed by atoms with Gasteiger partial charge in [-0.25, -0.2) is 0 Å². The highest BCUT2D eigenvalue weighted by molar-refractivity contribution is 5.83. The van der Waals surface area contributed by atoms with Crippen LogP contribution in [0.25, 0.3) is 0 Å². The van der Waals surface area contributed by atoms with Gasteiger partial charge in [0.1, 0.15) is 0 Å². The molecule has 2 fully saturated rings. The van der Waals surface area contributed by atoms with E-state index in [-0.39, 0.29) is 11.3 Å². The first kappa shape index (κ1) is 18.7. The number of hydrogen-bond acceptors (Lipinski definition) is 4. The molecule has 1 amide bonds. The smallest absolute Gasteiger partial charge is 0.227 e. The van der Waals surface area contributed by atoms with Gasteiger partial charge in [0.15, 0.2) is 0 Å². The third kappa shape index (κ3) is 4.68. The van der Waals surface area contributed by atoms with Crippen LogP contribution in [0.2, 0.25) is 0 Å². The van der Waals surface area contributed by atoms with Crippen LogP contribution < -0.4 is 5.32 Å². The van der Waals surface area contributed by atoms with Gasteiger partial charge < -0.3 is 15.0 Å². The normalized spacial score (nSPS) is 23.3. The Balaban J connectivity index is 1.98. The molecule has 134 valence electrons. The minimum Gasteiger partial charge on any atom is -0.379 e. The van der Waals surface area contributed by atoms with Crippen LogP contribution in [0, 0.1) is 11.3 Å². The number of carbonyl (C=O) groups is 1. The second-order valence-corrected chi connectivity index (χ2v) is 8.07. The lowest BCUT2D eigenvalue weighted by Gasteiger charge is -2.48. The molecule has 23 heavy (non-hydrogen) atoms. The molecule has 2 rings (SSSR count). The van der Waals surface area contributed by atoms with Gasteiger partial charge in [0, 0.05) is 39.3 Å². The average molecular weight is 325 g/mol. The maximum absolute atomic E-state index is 12.9. The van der Waals surface area contributed by atoms with E-state index in [1.54, 1.807) is 7.11 Å². The lowest BCUT2D eigenvalue weighted by Crippen LogP contribution is -2.60. The molecular weight excluding hydrogens is 290 g/mol. The summed E-state index contributed by atoms with van der Waals surface area (Å²) in [5.74, 6) is 0.754. The van der Waals surface area contributed by atoms with E-state index in [4.69, 9.17) is 4.74 Å². The van der Waals surface area contributed by atoms with Crippen LogP contribution in [-0.2, 0) is 9.53 Å². The molecule has 2 saturated heterocycles. The molecule has 2 aliphatic heterocycles. The number of ether oxygens (including phenoxy) is 1. The molecule has 0 bridgehead atoms. The maximum Gasteiger partial charge on any atom is 0.227 e. The number of likely N-dealkylation sites (tertiary alicyclic amines) is 2. The SMILES string of the molecule is COC1CN(CC2(C(=O)NCC(C)C)CCN(C(C)C)CC2)C1. The number of nitrogens with zero attached hydrogens (tertiary/aromatic N) is 2. The van der Waals surface area contributed by atoms with Crippen molar-refractivity contribution in [1.82, 2.24) is 15.1 Å². The zero-order chi connectivity index (χ0) is 17.0. The molecule has 1 N–H and O–H groups in total. The van der Waals surface area contributed by atoms with Crippen molar-refractivity contribution in [2.24, 2.45) is 11.3 Å². The molecule has 0 aromatic rings. The first-order valence-corrected chi connectivity index (χ1v) is 9.14. The number of nitrogens with one attached hydrogen (secondary N) is 1. The van der Waals surface area contributed by atoms with Crippen LogP contribution in [0.5, 0.6) is 0 Å². The van der Waals surface area contributed by atoms with Crippen molar-refractivity contribution < 1.29 is 9.53 Å². The minimum absolute atomic E-state index is 0.223. The topological polar surface area (TPSA) is 44.8 Å². The third-order valence-electron chi connectivity index (χ3n) is 5.42. The molecule has 0 spiro atoms. The summed E-state index contributed by atoms with van der Waals surface area (Å²) < 4.78 is 5.38. The standard InChI is InChI=1S/C18H35N3O2/c1-14(2)10-19-17(22)18(13-20-11-16(12-20)23-5)6-8-21(9-7-18)15(3)4/h14-16H,6-13H2,1-5H3,(H,19,22). The Labute approximate surface area is 141 Å². The summed E-state index contributed by atoms with van der Waals surface area (Å²) in [6.45, 7) is 14.4. The summed E-state index contributed by atoms with van der Waals surface area (Å²) in [7, 11) is 1.77. The molecule has 2 aliphatic rings. The van der Waals surface area contributed by atoms with Crippen LogP contribution in [0.3, 0.4) is 0 Å². The van der Waals surface area contributed by atoms with E-state index >= 15 is 0 Å². The van der Waals surface area contributed by atoms with E-state index in [1.165, 1.54) is 0 Å². The Kier molecular flexibility index (Phi) is 6.46. The molecular formula is C18H35N3O2. The fourth-order valence-corrected chi connectivity index (χ4v) is 3.64. The Morgan fingerprint density at radius 1 is 1.22 bits per heavy atom. The zero-order valence-corrected chi connectivity index (χ0v) is 15.6. The maximum atomic E-state index is 12.9. The fourth-order valence-electron chi connectivity index (χ4n) is 3.64. The van der Waals surface area contributed by atoms with Crippen LogP contribution in [0.4, 0.5) is 0 Å². The van der Waals surface area contributed by atoms with Gasteiger partial charge in [0.05, 0.1) is 11.5 Å². The molecule has 5 nitrogen and oxygen atoms in total. The lowest BCUT2D eigenvalue weighted by atomic mass is 9.76. The van der Waals surface area contributed by atoms with Crippen molar-refractivity contribution in [1.29, 1.82) is 0 Å². The van der Waals surface area contributed by atoms with Crippen molar-refractivity contribution in [2.75, 3.05) is 46.4 Å². The van der Waals surface area contributed by atoms with Crippen LogP contribution >= 0.6 is 0 Å².